The highest BCUT2D eigenvalue weighted by atomic mass is 32.1. The van der Waals surface area contributed by atoms with E-state index in [-0.39, 0.29) is 12.8 Å². The van der Waals surface area contributed by atoms with Crippen LogP contribution < -0.4 is 10.6 Å². The van der Waals surface area contributed by atoms with Gasteiger partial charge in [0.1, 0.15) is 0 Å². The molecule has 0 aliphatic carbocycles. The smallest absolute Gasteiger partial charge is 0.321 e. The van der Waals surface area contributed by atoms with Gasteiger partial charge in [0, 0.05) is 30.5 Å². The summed E-state index contributed by atoms with van der Waals surface area (Å²) in [6.07, 6.45) is 0.0845. The largest absolute Gasteiger partial charge is 0.481 e. The number of carbonyl (C=O) groups is 3. The summed E-state index contributed by atoms with van der Waals surface area (Å²) in [7, 11) is 0. The minimum absolute atomic E-state index is 0.214. The fourth-order valence-electron chi connectivity index (χ4n) is 1.25. The van der Waals surface area contributed by atoms with Gasteiger partial charge in [0.2, 0.25) is 5.91 Å². The Hall–Kier alpha value is -1.96. The molecule has 3 N–H and O–H groups in total. The lowest BCUT2D eigenvalue weighted by Crippen LogP contribution is -2.40. The van der Waals surface area contributed by atoms with E-state index in [2.05, 4.69) is 15.6 Å². The molecule has 0 aliphatic heterocycles. The number of aryl methyl sites for hydroxylation is 1. The summed E-state index contributed by atoms with van der Waals surface area (Å²) in [5.41, 5.74) is 0.938. The molecule has 0 bridgehead atoms. The van der Waals surface area contributed by atoms with Gasteiger partial charge in [0.25, 0.3) is 0 Å². The zero-order valence-corrected chi connectivity index (χ0v) is 11.2. The van der Waals surface area contributed by atoms with Crippen molar-refractivity contribution < 1.29 is 19.5 Å². The summed E-state index contributed by atoms with van der Waals surface area (Å²) in [4.78, 5) is 36.9. The Balaban J connectivity index is 2.17. The van der Waals surface area contributed by atoms with Crippen LogP contribution in [0, 0.1) is 6.92 Å². The first-order chi connectivity index (χ1) is 8.97. The van der Waals surface area contributed by atoms with Crippen LogP contribution in [-0.4, -0.2) is 34.5 Å². The molecule has 0 saturated heterocycles. The first-order valence-electron chi connectivity index (χ1n) is 5.68. The number of urea groups is 1. The topological polar surface area (TPSA) is 108 Å². The maximum absolute atomic E-state index is 11.3. The molecule has 8 heteroatoms. The molecular formula is C11H15N3O4S. The second kappa shape index (κ2) is 7.47. The molecule has 7 nitrogen and oxygen atoms in total. The van der Waals surface area contributed by atoms with Crippen molar-refractivity contribution >= 4 is 29.2 Å². The van der Waals surface area contributed by atoms with Crippen LogP contribution in [0.4, 0.5) is 4.79 Å². The number of carboxylic acids is 1. The van der Waals surface area contributed by atoms with Crippen molar-refractivity contribution in [3.63, 3.8) is 0 Å². The number of nitrogens with zero attached hydrogens (tertiary/aromatic N) is 1. The van der Waals surface area contributed by atoms with Gasteiger partial charge in [-0.25, -0.2) is 9.78 Å². The molecular weight excluding hydrogens is 270 g/mol. The lowest BCUT2D eigenvalue weighted by atomic mass is 10.3. The van der Waals surface area contributed by atoms with E-state index in [4.69, 9.17) is 5.11 Å². The minimum Gasteiger partial charge on any atom is -0.481 e. The Morgan fingerprint density at radius 3 is 2.68 bits per heavy atom. The third-order valence-electron chi connectivity index (χ3n) is 2.11. The van der Waals surface area contributed by atoms with Gasteiger partial charge in [-0.3, -0.25) is 14.9 Å². The molecule has 3 amide bonds. The number of hydrogen-bond donors (Lipinski definition) is 3. The van der Waals surface area contributed by atoms with Gasteiger partial charge in [-0.05, 0) is 6.92 Å². The first kappa shape index (κ1) is 15.1. The zero-order chi connectivity index (χ0) is 14.3. The number of rotatable bonds is 6. The number of hydrogen-bond acceptors (Lipinski definition) is 5. The van der Waals surface area contributed by atoms with Gasteiger partial charge in [-0.15, -0.1) is 11.3 Å². The zero-order valence-electron chi connectivity index (χ0n) is 10.4. The lowest BCUT2D eigenvalue weighted by molar-refractivity contribution is -0.138. The summed E-state index contributed by atoms with van der Waals surface area (Å²) < 4.78 is 0. The maximum Gasteiger partial charge on any atom is 0.321 e. The molecule has 0 radical (unpaired) electrons. The molecule has 1 aromatic rings. The van der Waals surface area contributed by atoms with E-state index in [1.165, 1.54) is 11.3 Å². The van der Waals surface area contributed by atoms with Gasteiger partial charge >= 0.3 is 12.0 Å². The van der Waals surface area contributed by atoms with Crippen molar-refractivity contribution in [2.45, 2.75) is 26.2 Å². The van der Waals surface area contributed by atoms with Crippen LogP contribution in [0.3, 0.4) is 0 Å². The SMILES string of the molecule is Cc1csc(CCNC(=O)NC(=O)CCC(=O)O)n1. The third kappa shape index (κ3) is 6.51. The average Bonchev–Trinajstić information content (AvgIpc) is 2.72. The highest BCUT2D eigenvalue weighted by Gasteiger charge is 2.09. The Bertz CT molecular complexity index is 472. The normalized spacial score (nSPS) is 9.95. The summed E-state index contributed by atoms with van der Waals surface area (Å²) in [6.45, 7) is 2.26. The molecule has 104 valence electrons. The van der Waals surface area contributed by atoms with Gasteiger partial charge in [-0.1, -0.05) is 0 Å². The van der Waals surface area contributed by atoms with Crippen LogP contribution in [0.2, 0.25) is 0 Å². The van der Waals surface area contributed by atoms with Crippen LogP contribution in [0.25, 0.3) is 0 Å². The molecule has 0 fully saturated rings. The van der Waals surface area contributed by atoms with E-state index in [1.807, 2.05) is 12.3 Å². The van der Waals surface area contributed by atoms with Gasteiger partial charge < -0.3 is 10.4 Å². The van der Waals surface area contributed by atoms with Crippen molar-refractivity contribution in [2.75, 3.05) is 6.54 Å². The van der Waals surface area contributed by atoms with Gasteiger partial charge in [0.15, 0.2) is 0 Å². The monoisotopic (exact) mass is 285 g/mol. The van der Waals surface area contributed by atoms with Crippen molar-refractivity contribution in [1.29, 1.82) is 0 Å². The summed E-state index contributed by atoms with van der Waals surface area (Å²) in [6, 6.07) is -0.622. The Morgan fingerprint density at radius 2 is 2.11 bits per heavy atom. The quantitative estimate of drug-likeness (QED) is 0.712. The average molecular weight is 285 g/mol. The predicted octanol–water partition coefficient (Wildman–Crippen LogP) is 0.685. The number of aromatic nitrogens is 1. The van der Waals surface area contributed by atoms with Crippen LogP contribution in [0.15, 0.2) is 5.38 Å². The van der Waals surface area contributed by atoms with E-state index < -0.39 is 17.9 Å². The Morgan fingerprint density at radius 1 is 1.37 bits per heavy atom. The van der Waals surface area contributed by atoms with Crippen LogP contribution in [0.1, 0.15) is 23.5 Å². The highest BCUT2D eigenvalue weighted by molar-refractivity contribution is 7.09. The second-order valence-corrected chi connectivity index (χ2v) is 4.77. The molecule has 0 unspecified atom stereocenters. The second-order valence-electron chi connectivity index (χ2n) is 3.83. The fraction of sp³-hybridized carbons (Fsp3) is 0.455. The minimum atomic E-state index is -1.07. The fourth-order valence-corrected chi connectivity index (χ4v) is 2.03. The molecule has 0 saturated carbocycles. The Kier molecular flexibility index (Phi) is 5.94. The number of amides is 3. The highest BCUT2D eigenvalue weighted by Crippen LogP contribution is 2.08. The molecule has 0 aromatic carbocycles. The molecule has 1 aromatic heterocycles. The van der Waals surface area contributed by atoms with Crippen LogP contribution in [-0.2, 0) is 16.0 Å². The number of imide groups is 1. The van der Waals surface area contributed by atoms with E-state index in [0.29, 0.717) is 13.0 Å². The lowest BCUT2D eigenvalue weighted by Gasteiger charge is -2.05. The van der Waals surface area contributed by atoms with Crippen molar-refractivity contribution in [3.05, 3.63) is 16.1 Å². The van der Waals surface area contributed by atoms with Gasteiger partial charge in [0.05, 0.1) is 11.4 Å². The van der Waals surface area contributed by atoms with E-state index in [0.717, 1.165) is 10.7 Å². The molecule has 0 aliphatic rings. The van der Waals surface area contributed by atoms with Crippen LogP contribution >= 0.6 is 11.3 Å². The molecule has 1 heterocycles. The van der Waals surface area contributed by atoms with Crippen LogP contribution in [0.5, 0.6) is 0 Å². The third-order valence-corrected chi connectivity index (χ3v) is 3.14. The first-order valence-corrected chi connectivity index (χ1v) is 6.56. The van der Waals surface area contributed by atoms with Crippen molar-refractivity contribution in [3.8, 4) is 0 Å². The number of carbonyl (C=O) groups excluding carboxylic acids is 2. The summed E-state index contributed by atoms with van der Waals surface area (Å²) in [5.74, 6) is -1.68. The number of thiazole rings is 1. The molecule has 19 heavy (non-hydrogen) atoms. The summed E-state index contributed by atoms with van der Waals surface area (Å²) in [5, 5.41) is 15.8. The number of nitrogens with one attached hydrogen (secondary N) is 2. The molecule has 1 rings (SSSR count). The van der Waals surface area contributed by atoms with E-state index in [9.17, 15) is 14.4 Å². The number of carboxylic acid groups (broad SMARTS) is 1. The van der Waals surface area contributed by atoms with Crippen molar-refractivity contribution in [2.24, 2.45) is 0 Å². The predicted molar refractivity (Wildman–Crippen MR) is 69.0 cm³/mol. The molecule has 0 spiro atoms. The number of aliphatic carboxylic acids is 1. The summed E-state index contributed by atoms with van der Waals surface area (Å²) >= 11 is 1.51. The van der Waals surface area contributed by atoms with Gasteiger partial charge in [-0.2, -0.15) is 0 Å². The molecule has 0 atom stereocenters. The van der Waals surface area contributed by atoms with E-state index in [1.54, 1.807) is 0 Å². The Labute approximate surface area is 114 Å². The standard InChI is InChI=1S/C11H15N3O4S/c1-7-6-19-9(13-7)4-5-12-11(18)14-8(15)2-3-10(16)17/h6H,2-5H2,1H3,(H,16,17)(H2,12,14,15,18). The van der Waals surface area contributed by atoms with E-state index >= 15 is 0 Å². The maximum atomic E-state index is 11.3. The van der Waals surface area contributed by atoms with Crippen molar-refractivity contribution in [1.82, 2.24) is 15.6 Å².